The SMILES string of the molecule is CCCNc1ncc(S(=O)(=O)Nc2ccc(C)cn2)cn1. The monoisotopic (exact) mass is 307 g/mol. The van der Waals surface area contributed by atoms with Gasteiger partial charge in [-0.05, 0) is 25.0 Å². The number of nitrogens with one attached hydrogen (secondary N) is 2. The van der Waals surface area contributed by atoms with Crippen LogP contribution in [0.5, 0.6) is 0 Å². The molecule has 0 atom stereocenters. The third-order valence-electron chi connectivity index (χ3n) is 2.62. The molecule has 0 spiro atoms. The Bertz CT molecular complexity index is 684. The summed E-state index contributed by atoms with van der Waals surface area (Å²) in [6.07, 6.45) is 5.05. The van der Waals surface area contributed by atoms with E-state index in [0.29, 0.717) is 5.95 Å². The molecule has 112 valence electrons. The molecule has 21 heavy (non-hydrogen) atoms. The minimum Gasteiger partial charge on any atom is -0.354 e. The van der Waals surface area contributed by atoms with Crippen LogP contribution in [0.15, 0.2) is 35.6 Å². The largest absolute Gasteiger partial charge is 0.354 e. The van der Waals surface area contributed by atoms with E-state index in [1.807, 2.05) is 13.8 Å². The highest BCUT2D eigenvalue weighted by Crippen LogP contribution is 2.13. The Hall–Kier alpha value is -2.22. The molecule has 0 bridgehead atoms. The van der Waals surface area contributed by atoms with Gasteiger partial charge in [0, 0.05) is 12.7 Å². The van der Waals surface area contributed by atoms with E-state index >= 15 is 0 Å². The topological polar surface area (TPSA) is 96.9 Å². The zero-order valence-electron chi connectivity index (χ0n) is 11.9. The molecule has 0 fully saturated rings. The molecule has 0 amide bonds. The summed E-state index contributed by atoms with van der Waals surface area (Å²) in [5, 5.41) is 2.98. The summed E-state index contributed by atoms with van der Waals surface area (Å²) in [6.45, 7) is 4.63. The maximum absolute atomic E-state index is 12.2. The fourth-order valence-corrected chi connectivity index (χ4v) is 2.40. The smallest absolute Gasteiger partial charge is 0.266 e. The van der Waals surface area contributed by atoms with Gasteiger partial charge < -0.3 is 5.32 Å². The van der Waals surface area contributed by atoms with Crippen LogP contribution in [-0.2, 0) is 10.0 Å². The first-order valence-electron chi connectivity index (χ1n) is 6.52. The van der Waals surface area contributed by atoms with Gasteiger partial charge in [0.15, 0.2) is 0 Å². The van der Waals surface area contributed by atoms with Crippen LogP contribution in [0.25, 0.3) is 0 Å². The molecule has 2 N–H and O–H groups in total. The van der Waals surface area contributed by atoms with Crippen molar-refractivity contribution in [2.75, 3.05) is 16.6 Å². The Morgan fingerprint density at radius 3 is 2.38 bits per heavy atom. The lowest BCUT2D eigenvalue weighted by atomic mass is 10.3. The highest BCUT2D eigenvalue weighted by atomic mass is 32.2. The lowest BCUT2D eigenvalue weighted by molar-refractivity contribution is 0.600. The Morgan fingerprint density at radius 2 is 1.81 bits per heavy atom. The Morgan fingerprint density at radius 1 is 1.10 bits per heavy atom. The molecule has 0 radical (unpaired) electrons. The zero-order chi connectivity index (χ0) is 15.3. The lowest BCUT2D eigenvalue weighted by Crippen LogP contribution is -2.15. The van der Waals surface area contributed by atoms with Gasteiger partial charge in [-0.1, -0.05) is 13.0 Å². The molecule has 0 aliphatic carbocycles. The summed E-state index contributed by atoms with van der Waals surface area (Å²) in [5.74, 6) is 0.665. The van der Waals surface area contributed by atoms with E-state index in [0.717, 1.165) is 18.5 Å². The van der Waals surface area contributed by atoms with Gasteiger partial charge >= 0.3 is 0 Å². The fourth-order valence-electron chi connectivity index (χ4n) is 1.51. The number of sulfonamides is 1. The molecule has 0 saturated heterocycles. The molecular weight excluding hydrogens is 290 g/mol. The Labute approximate surface area is 123 Å². The van der Waals surface area contributed by atoms with E-state index in [-0.39, 0.29) is 10.7 Å². The molecule has 2 rings (SSSR count). The molecule has 8 heteroatoms. The van der Waals surface area contributed by atoms with Crippen molar-refractivity contribution in [3.8, 4) is 0 Å². The summed E-state index contributed by atoms with van der Waals surface area (Å²) in [4.78, 5) is 11.9. The lowest BCUT2D eigenvalue weighted by Gasteiger charge is -2.08. The highest BCUT2D eigenvalue weighted by Gasteiger charge is 2.16. The number of anilines is 2. The molecular formula is C13H17N5O2S. The van der Waals surface area contributed by atoms with Crippen LogP contribution >= 0.6 is 0 Å². The van der Waals surface area contributed by atoms with Gasteiger partial charge in [0.2, 0.25) is 5.95 Å². The summed E-state index contributed by atoms with van der Waals surface area (Å²) in [5.41, 5.74) is 0.952. The minimum absolute atomic E-state index is 0.00748. The number of rotatable bonds is 6. The first kappa shape index (κ1) is 15.2. The molecule has 7 nitrogen and oxygen atoms in total. The van der Waals surface area contributed by atoms with E-state index in [2.05, 4.69) is 25.0 Å². The molecule has 0 aliphatic heterocycles. The number of aryl methyl sites for hydroxylation is 1. The molecule has 0 aromatic carbocycles. The maximum atomic E-state index is 12.2. The second kappa shape index (κ2) is 6.49. The molecule has 0 aliphatic rings. The Kier molecular flexibility index (Phi) is 4.69. The van der Waals surface area contributed by atoms with Crippen molar-refractivity contribution in [1.29, 1.82) is 0 Å². The third kappa shape index (κ3) is 4.12. The van der Waals surface area contributed by atoms with Crippen LogP contribution in [0.4, 0.5) is 11.8 Å². The van der Waals surface area contributed by atoms with Crippen molar-refractivity contribution in [1.82, 2.24) is 15.0 Å². The van der Waals surface area contributed by atoms with Crippen LogP contribution in [0.3, 0.4) is 0 Å². The average Bonchev–Trinajstić information content (AvgIpc) is 2.48. The van der Waals surface area contributed by atoms with Gasteiger partial charge in [-0.25, -0.2) is 23.4 Å². The first-order valence-corrected chi connectivity index (χ1v) is 8.01. The number of pyridine rings is 1. The van der Waals surface area contributed by atoms with Crippen LogP contribution in [0.2, 0.25) is 0 Å². The minimum atomic E-state index is -3.73. The molecule has 0 saturated carbocycles. The highest BCUT2D eigenvalue weighted by molar-refractivity contribution is 7.92. The van der Waals surface area contributed by atoms with E-state index < -0.39 is 10.0 Å². The molecule has 2 aromatic heterocycles. The predicted octanol–water partition coefficient (Wildman–Crippen LogP) is 1.80. The first-order chi connectivity index (χ1) is 10.0. The Balaban J connectivity index is 2.13. The van der Waals surface area contributed by atoms with Gasteiger partial charge in [-0.2, -0.15) is 0 Å². The van der Waals surface area contributed by atoms with Crippen LogP contribution < -0.4 is 10.0 Å². The second-order valence-electron chi connectivity index (χ2n) is 4.50. The van der Waals surface area contributed by atoms with Crippen molar-refractivity contribution in [2.45, 2.75) is 25.2 Å². The number of aromatic nitrogens is 3. The van der Waals surface area contributed by atoms with E-state index in [4.69, 9.17) is 0 Å². The standard InChI is InChI=1S/C13H17N5O2S/c1-3-6-14-13-16-8-11(9-17-13)21(19,20)18-12-5-4-10(2)7-15-12/h4-5,7-9H,3,6H2,1-2H3,(H,15,18)(H,14,16,17). The van der Waals surface area contributed by atoms with Gasteiger partial charge in [0.1, 0.15) is 10.7 Å². The predicted molar refractivity (Wildman–Crippen MR) is 80.6 cm³/mol. The van der Waals surface area contributed by atoms with Gasteiger partial charge in [-0.3, -0.25) is 4.72 Å². The van der Waals surface area contributed by atoms with Gasteiger partial charge in [0.05, 0.1) is 12.4 Å². The number of nitrogens with zero attached hydrogens (tertiary/aromatic N) is 3. The van der Waals surface area contributed by atoms with Gasteiger partial charge in [0.25, 0.3) is 10.0 Å². The zero-order valence-corrected chi connectivity index (χ0v) is 12.7. The van der Waals surface area contributed by atoms with Crippen LogP contribution in [0.1, 0.15) is 18.9 Å². The summed E-state index contributed by atoms with van der Waals surface area (Å²) in [7, 11) is -3.73. The third-order valence-corrected chi connectivity index (χ3v) is 3.93. The van der Waals surface area contributed by atoms with Crippen molar-refractivity contribution < 1.29 is 8.42 Å². The van der Waals surface area contributed by atoms with Crippen LogP contribution in [0, 0.1) is 6.92 Å². The van der Waals surface area contributed by atoms with Crippen molar-refractivity contribution in [2.24, 2.45) is 0 Å². The summed E-state index contributed by atoms with van der Waals surface area (Å²) in [6, 6.07) is 3.38. The van der Waals surface area contributed by atoms with Crippen LogP contribution in [-0.4, -0.2) is 29.9 Å². The van der Waals surface area contributed by atoms with E-state index in [1.165, 1.54) is 12.4 Å². The molecule has 2 heterocycles. The molecule has 2 aromatic rings. The van der Waals surface area contributed by atoms with Crippen molar-refractivity contribution in [3.05, 3.63) is 36.3 Å². The van der Waals surface area contributed by atoms with E-state index in [9.17, 15) is 8.42 Å². The van der Waals surface area contributed by atoms with E-state index in [1.54, 1.807) is 18.3 Å². The summed E-state index contributed by atoms with van der Waals surface area (Å²) >= 11 is 0. The second-order valence-corrected chi connectivity index (χ2v) is 6.18. The fraction of sp³-hybridized carbons (Fsp3) is 0.308. The summed E-state index contributed by atoms with van der Waals surface area (Å²) < 4.78 is 26.7. The maximum Gasteiger partial charge on any atom is 0.266 e. The average molecular weight is 307 g/mol. The van der Waals surface area contributed by atoms with Crippen molar-refractivity contribution in [3.63, 3.8) is 0 Å². The normalized spacial score (nSPS) is 11.1. The molecule has 0 unspecified atom stereocenters. The van der Waals surface area contributed by atoms with Crippen molar-refractivity contribution >= 4 is 21.8 Å². The number of hydrogen-bond donors (Lipinski definition) is 2. The quantitative estimate of drug-likeness (QED) is 0.844. The van der Waals surface area contributed by atoms with Gasteiger partial charge in [-0.15, -0.1) is 0 Å². The number of hydrogen-bond acceptors (Lipinski definition) is 6.